The minimum absolute atomic E-state index is 0.307. The normalized spacial score (nSPS) is 37.2. The van der Waals surface area contributed by atoms with Gasteiger partial charge in [0.2, 0.25) is 5.91 Å². The minimum atomic E-state index is 0.307. The van der Waals surface area contributed by atoms with Crippen molar-refractivity contribution in [3.05, 3.63) is 0 Å². The fourth-order valence-corrected chi connectivity index (χ4v) is 3.64. The van der Waals surface area contributed by atoms with Gasteiger partial charge in [0.05, 0.1) is 0 Å². The van der Waals surface area contributed by atoms with E-state index in [2.05, 4.69) is 24.1 Å². The van der Waals surface area contributed by atoms with Gasteiger partial charge in [-0.1, -0.05) is 13.8 Å². The Morgan fingerprint density at radius 1 is 1.19 bits per heavy atom. The molecule has 3 heteroatoms. The monoisotopic (exact) mass is 222 g/mol. The quantitative estimate of drug-likeness (QED) is 0.720. The molecule has 0 aromatic rings. The Hall–Kier alpha value is -0.570. The number of fused-ring (bicyclic) bond motifs is 1. The molecule has 1 aliphatic carbocycles. The lowest BCUT2D eigenvalue weighted by Gasteiger charge is -2.29. The van der Waals surface area contributed by atoms with Gasteiger partial charge >= 0.3 is 0 Å². The highest BCUT2D eigenvalue weighted by molar-refractivity contribution is 5.79. The number of nitrogens with one attached hydrogen (secondary N) is 1. The van der Waals surface area contributed by atoms with Crippen molar-refractivity contribution >= 4 is 5.91 Å². The number of nitrogens with zero attached hydrogens (tertiary/aromatic N) is 1. The van der Waals surface area contributed by atoms with E-state index in [1.54, 1.807) is 0 Å². The molecule has 1 saturated carbocycles. The van der Waals surface area contributed by atoms with E-state index in [1.807, 2.05) is 0 Å². The van der Waals surface area contributed by atoms with E-state index in [1.165, 1.54) is 0 Å². The van der Waals surface area contributed by atoms with Crippen molar-refractivity contribution in [2.45, 2.75) is 26.7 Å². The number of rotatable bonds is 1. The van der Waals surface area contributed by atoms with Crippen molar-refractivity contribution in [1.82, 2.24) is 10.2 Å². The highest BCUT2D eigenvalue weighted by Crippen LogP contribution is 2.62. The number of piperidine rings is 2. The molecule has 0 bridgehead atoms. The van der Waals surface area contributed by atoms with Crippen LogP contribution in [-0.2, 0) is 4.79 Å². The van der Waals surface area contributed by atoms with Crippen molar-refractivity contribution < 1.29 is 4.79 Å². The number of hydrogen-bond acceptors (Lipinski definition) is 2. The average Bonchev–Trinajstić information content (AvgIpc) is 2.72. The summed E-state index contributed by atoms with van der Waals surface area (Å²) < 4.78 is 0. The Labute approximate surface area is 97.6 Å². The van der Waals surface area contributed by atoms with Crippen LogP contribution in [-0.4, -0.2) is 37.0 Å². The van der Waals surface area contributed by atoms with E-state index in [9.17, 15) is 4.79 Å². The zero-order valence-corrected chi connectivity index (χ0v) is 10.3. The molecular formula is C13H22N2O. The van der Waals surface area contributed by atoms with E-state index >= 15 is 0 Å². The van der Waals surface area contributed by atoms with E-state index in [0.717, 1.165) is 50.9 Å². The molecule has 2 unspecified atom stereocenters. The maximum Gasteiger partial charge on any atom is 0.225 e. The second-order valence-corrected chi connectivity index (χ2v) is 6.30. The summed E-state index contributed by atoms with van der Waals surface area (Å²) in [6.45, 7) is 8.77. The van der Waals surface area contributed by atoms with Crippen LogP contribution in [0.15, 0.2) is 0 Å². The number of carbonyl (C=O) groups is 1. The summed E-state index contributed by atoms with van der Waals surface area (Å²) in [6.07, 6.45) is 2.07. The fraction of sp³-hybridized carbons (Fsp3) is 0.923. The summed E-state index contributed by atoms with van der Waals surface area (Å²) >= 11 is 0. The van der Waals surface area contributed by atoms with Crippen LogP contribution in [0.25, 0.3) is 0 Å². The van der Waals surface area contributed by atoms with Crippen LogP contribution < -0.4 is 5.32 Å². The topological polar surface area (TPSA) is 32.3 Å². The lowest BCUT2D eigenvalue weighted by molar-refractivity contribution is -0.136. The molecule has 0 spiro atoms. The van der Waals surface area contributed by atoms with Crippen LogP contribution in [0.3, 0.4) is 0 Å². The molecule has 0 aromatic heterocycles. The first kappa shape index (κ1) is 10.6. The number of likely N-dealkylation sites (tertiary alicyclic amines) is 1. The van der Waals surface area contributed by atoms with Gasteiger partial charge in [-0.3, -0.25) is 4.79 Å². The third kappa shape index (κ3) is 1.48. The zero-order valence-electron chi connectivity index (χ0n) is 10.3. The summed E-state index contributed by atoms with van der Waals surface area (Å²) in [5.74, 6) is 2.32. The van der Waals surface area contributed by atoms with Crippen molar-refractivity contribution in [2.75, 3.05) is 26.2 Å². The van der Waals surface area contributed by atoms with Crippen molar-refractivity contribution in [3.63, 3.8) is 0 Å². The minimum Gasteiger partial charge on any atom is -0.342 e. The maximum absolute atomic E-state index is 12.3. The summed E-state index contributed by atoms with van der Waals surface area (Å²) in [5.41, 5.74) is 0.519. The first-order valence-corrected chi connectivity index (χ1v) is 6.60. The van der Waals surface area contributed by atoms with Crippen LogP contribution in [0.1, 0.15) is 26.7 Å². The van der Waals surface area contributed by atoms with Gasteiger partial charge in [0.15, 0.2) is 0 Å². The molecule has 3 rings (SSSR count). The van der Waals surface area contributed by atoms with Gasteiger partial charge in [-0.2, -0.15) is 0 Å². The molecule has 2 aliphatic heterocycles. The summed E-state index contributed by atoms with van der Waals surface area (Å²) in [7, 11) is 0. The van der Waals surface area contributed by atoms with Crippen LogP contribution in [0.5, 0.6) is 0 Å². The van der Waals surface area contributed by atoms with Gasteiger partial charge in [0.25, 0.3) is 0 Å². The molecule has 1 amide bonds. The SMILES string of the molecule is CC1(C)C2CN(C(=O)C3CCNCC3)CC21. The van der Waals surface area contributed by atoms with E-state index in [0.29, 0.717) is 17.2 Å². The van der Waals surface area contributed by atoms with E-state index in [4.69, 9.17) is 0 Å². The van der Waals surface area contributed by atoms with E-state index < -0.39 is 0 Å². The fourth-order valence-electron chi connectivity index (χ4n) is 3.64. The van der Waals surface area contributed by atoms with E-state index in [-0.39, 0.29) is 0 Å². The highest BCUT2D eigenvalue weighted by Gasteiger charge is 2.62. The molecule has 2 atom stereocenters. The van der Waals surface area contributed by atoms with Gasteiger partial charge in [-0.15, -0.1) is 0 Å². The Bertz CT molecular complexity index is 293. The predicted molar refractivity (Wildman–Crippen MR) is 62.9 cm³/mol. The number of hydrogen-bond donors (Lipinski definition) is 1. The Balaban J connectivity index is 1.57. The first-order chi connectivity index (χ1) is 7.60. The van der Waals surface area contributed by atoms with Crippen LogP contribution >= 0.6 is 0 Å². The zero-order chi connectivity index (χ0) is 11.3. The van der Waals surface area contributed by atoms with Crippen LogP contribution in [0, 0.1) is 23.2 Å². The summed E-state index contributed by atoms with van der Waals surface area (Å²) in [5, 5.41) is 3.32. The lowest BCUT2D eigenvalue weighted by Crippen LogP contribution is -2.41. The smallest absolute Gasteiger partial charge is 0.225 e. The van der Waals surface area contributed by atoms with Crippen LogP contribution in [0.4, 0.5) is 0 Å². The molecule has 3 aliphatic rings. The molecule has 0 aromatic carbocycles. The van der Waals surface area contributed by atoms with Crippen LogP contribution in [0.2, 0.25) is 0 Å². The van der Waals surface area contributed by atoms with Gasteiger partial charge in [-0.05, 0) is 43.2 Å². The second-order valence-electron chi connectivity index (χ2n) is 6.30. The molecule has 90 valence electrons. The summed E-state index contributed by atoms with van der Waals surface area (Å²) in [4.78, 5) is 14.4. The Kier molecular flexibility index (Phi) is 2.29. The molecular weight excluding hydrogens is 200 g/mol. The Morgan fingerprint density at radius 3 is 2.31 bits per heavy atom. The standard InChI is InChI=1S/C13H22N2O/c1-13(2)10-7-15(8-11(10)13)12(16)9-3-5-14-6-4-9/h9-11,14H,3-8H2,1-2H3. The first-order valence-electron chi connectivity index (χ1n) is 6.60. The number of carbonyl (C=O) groups excluding carboxylic acids is 1. The third-order valence-corrected chi connectivity index (χ3v) is 5.12. The highest BCUT2D eigenvalue weighted by atomic mass is 16.2. The molecule has 2 heterocycles. The molecule has 3 nitrogen and oxygen atoms in total. The van der Waals surface area contributed by atoms with Crippen molar-refractivity contribution in [2.24, 2.45) is 23.2 Å². The number of amides is 1. The lowest BCUT2D eigenvalue weighted by atomic mass is 9.96. The van der Waals surface area contributed by atoms with Gasteiger partial charge in [0, 0.05) is 19.0 Å². The average molecular weight is 222 g/mol. The van der Waals surface area contributed by atoms with Crippen molar-refractivity contribution in [1.29, 1.82) is 0 Å². The molecule has 2 saturated heterocycles. The molecule has 3 fully saturated rings. The predicted octanol–water partition coefficient (Wildman–Crippen LogP) is 1.10. The Morgan fingerprint density at radius 2 is 1.75 bits per heavy atom. The molecule has 0 radical (unpaired) electrons. The molecule has 16 heavy (non-hydrogen) atoms. The summed E-state index contributed by atoms with van der Waals surface area (Å²) in [6, 6.07) is 0. The third-order valence-electron chi connectivity index (χ3n) is 5.12. The van der Waals surface area contributed by atoms with Crippen molar-refractivity contribution in [3.8, 4) is 0 Å². The van der Waals surface area contributed by atoms with Gasteiger partial charge in [0.1, 0.15) is 0 Å². The van der Waals surface area contributed by atoms with Gasteiger partial charge < -0.3 is 10.2 Å². The maximum atomic E-state index is 12.3. The largest absolute Gasteiger partial charge is 0.342 e. The second kappa shape index (κ2) is 3.46. The van der Waals surface area contributed by atoms with Gasteiger partial charge in [-0.25, -0.2) is 0 Å². The molecule has 1 N–H and O–H groups in total.